The van der Waals surface area contributed by atoms with Crippen molar-refractivity contribution in [3.63, 3.8) is 0 Å². The molecular weight excluding hydrogens is 243 g/mol. The molecule has 17 heavy (non-hydrogen) atoms. The number of aliphatic hydroxyl groups excluding tert-OH is 1. The molecule has 1 saturated heterocycles. The standard InChI is InChI=1S/C13H16ClFO2/c14-10-4-3-9(13(15)7-10)6-11(16)8-12-2-1-5-17-12/h3-4,7,11-12,16H,1-2,5-6,8H2. The molecule has 0 saturated carbocycles. The van der Waals surface area contributed by atoms with Gasteiger partial charge in [-0.2, -0.15) is 0 Å². The number of ether oxygens (including phenoxy) is 1. The monoisotopic (exact) mass is 258 g/mol. The molecule has 1 aromatic rings. The van der Waals surface area contributed by atoms with Crippen molar-refractivity contribution in [1.29, 1.82) is 0 Å². The second kappa shape index (κ2) is 5.80. The van der Waals surface area contributed by atoms with Gasteiger partial charge >= 0.3 is 0 Å². The zero-order valence-electron chi connectivity index (χ0n) is 9.53. The van der Waals surface area contributed by atoms with E-state index in [1.165, 1.54) is 6.07 Å². The fraction of sp³-hybridized carbons (Fsp3) is 0.538. The molecule has 0 aliphatic carbocycles. The second-order valence-electron chi connectivity index (χ2n) is 4.46. The van der Waals surface area contributed by atoms with E-state index in [1.54, 1.807) is 12.1 Å². The Morgan fingerprint density at radius 3 is 3.00 bits per heavy atom. The maximum atomic E-state index is 13.5. The van der Waals surface area contributed by atoms with Crippen molar-refractivity contribution in [2.24, 2.45) is 0 Å². The molecule has 0 bridgehead atoms. The van der Waals surface area contributed by atoms with Gasteiger partial charge in [-0.1, -0.05) is 17.7 Å². The Labute approximate surface area is 105 Å². The summed E-state index contributed by atoms with van der Waals surface area (Å²) < 4.78 is 18.9. The van der Waals surface area contributed by atoms with Crippen LogP contribution in [0.3, 0.4) is 0 Å². The number of halogens is 2. The summed E-state index contributed by atoms with van der Waals surface area (Å²) in [6.07, 6.45) is 2.48. The van der Waals surface area contributed by atoms with Crippen molar-refractivity contribution >= 4 is 11.6 Å². The van der Waals surface area contributed by atoms with Gasteiger partial charge in [-0.3, -0.25) is 0 Å². The zero-order valence-corrected chi connectivity index (χ0v) is 10.3. The minimum absolute atomic E-state index is 0.125. The second-order valence-corrected chi connectivity index (χ2v) is 4.90. The predicted molar refractivity (Wildman–Crippen MR) is 64.7 cm³/mol. The van der Waals surface area contributed by atoms with Crippen LogP contribution in [0.1, 0.15) is 24.8 Å². The predicted octanol–water partition coefficient (Wildman–Crippen LogP) is 2.95. The first kappa shape index (κ1) is 12.8. The van der Waals surface area contributed by atoms with E-state index in [0.29, 0.717) is 23.4 Å². The molecule has 0 amide bonds. The lowest BCUT2D eigenvalue weighted by molar-refractivity contribution is 0.0538. The van der Waals surface area contributed by atoms with Gasteiger partial charge in [0.25, 0.3) is 0 Å². The van der Waals surface area contributed by atoms with E-state index in [2.05, 4.69) is 0 Å². The van der Waals surface area contributed by atoms with Crippen LogP contribution in [0.15, 0.2) is 18.2 Å². The van der Waals surface area contributed by atoms with Gasteiger partial charge in [0.2, 0.25) is 0 Å². The molecule has 1 aliphatic heterocycles. The summed E-state index contributed by atoms with van der Waals surface area (Å²) in [5.74, 6) is -0.358. The molecule has 1 heterocycles. The molecule has 1 N–H and O–H groups in total. The molecule has 0 radical (unpaired) electrons. The summed E-state index contributed by atoms with van der Waals surface area (Å²) in [5.41, 5.74) is 0.500. The molecule has 0 spiro atoms. The largest absolute Gasteiger partial charge is 0.393 e. The van der Waals surface area contributed by atoms with Crippen molar-refractivity contribution in [2.45, 2.75) is 37.9 Å². The Morgan fingerprint density at radius 1 is 1.53 bits per heavy atom. The van der Waals surface area contributed by atoms with Crippen LogP contribution in [0.25, 0.3) is 0 Å². The summed E-state index contributed by atoms with van der Waals surface area (Å²) in [7, 11) is 0. The first-order chi connectivity index (χ1) is 8.15. The summed E-state index contributed by atoms with van der Waals surface area (Å²) in [5, 5.41) is 10.3. The maximum absolute atomic E-state index is 13.5. The SMILES string of the molecule is OC(Cc1ccc(Cl)cc1F)CC1CCCO1. The van der Waals surface area contributed by atoms with Crippen LogP contribution < -0.4 is 0 Å². The molecule has 2 unspecified atom stereocenters. The van der Waals surface area contributed by atoms with Gasteiger partial charge in [-0.25, -0.2) is 4.39 Å². The van der Waals surface area contributed by atoms with Gasteiger partial charge in [0.15, 0.2) is 0 Å². The van der Waals surface area contributed by atoms with Gasteiger partial charge in [-0.05, 0) is 37.0 Å². The lowest BCUT2D eigenvalue weighted by Gasteiger charge is -2.15. The normalized spacial score (nSPS) is 21.7. The summed E-state index contributed by atoms with van der Waals surface area (Å²) in [6, 6.07) is 4.53. The molecule has 2 rings (SSSR count). The first-order valence-electron chi connectivity index (χ1n) is 5.89. The Kier molecular flexibility index (Phi) is 4.37. The highest BCUT2D eigenvalue weighted by molar-refractivity contribution is 6.30. The van der Waals surface area contributed by atoms with E-state index in [1.807, 2.05) is 0 Å². The molecule has 0 aromatic heterocycles. The average Bonchev–Trinajstić information content (AvgIpc) is 2.75. The number of aliphatic hydroxyl groups is 1. The molecule has 1 aromatic carbocycles. The third kappa shape index (κ3) is 3.66. The molecule has 2 nitrogen and oxygen atoms in total. The topological polar surface area (TPSA) is 29.5 Å². The maximum Gasteiger partial charge on any atom is 0.127 e. The number of hydrogen-bond donors (Lipinski definition) is 1. The fourth-order valence-electron chi connectivity index (χ4n) is 2.16. The Hall–Kier alpha value is -0.640. The van der Waals surface area contributed by atoms with Crippen molar-refractivity contribution in [3.8, 4) is 0 Å². The van der Waals surface area contributed by atoms with Gasteiger partial charge < -0.3 is 9.84 Å². The quantitative estimate of drug-likeness (QED) is 0.900. The lowest BCUT2D eigenvalue weighted by atomic mass is 10.0. The van der Waals surface area contributed by atoms with Crippen molar-refractivity contribution in [2.75, 3.05) is 6.61 Å². The molecular formula is C13H16ClFO2. The van der Waals surface area contributed by atoms with Crippen LogP contribution in [0.5, 0.6) is 0 Å². The van der Waals surface area contributed by atoms with Crippen LogP contribution in [0.4, 0.5) is 4.39 Å². The zero-order chi connectivity index (χ0) is 12.3. The van der Waals surface area contributed by atoms with E-state index in [9.17, 15) is 9.50 Å². The smallest absolute Gasteiger partial charge is 0.127 e. The van der Waals surface area contributed by atoms with E-state index >= 15 is 0 Å². The minimum atomic E-state index is -0.561. The number of benzene rings is 1. The molecule has 2 atom stereocenters. The molecule has 94 valence electrons. The molecule has 1 aliphatic rings. The Morgan fingerprint density at radius 2 is 2.35 bits per heavy atom. The van der Waals surface area contributed by atoms with Gasteiger partial charge in [0, 0.05) is 18.1 Å². The highest BCUT2D eigenvalue weighted by Crippen LogP contribution is 2.21. The molecule has 1 fully saturated rings. The van der Waals surface area contributed by atoms with E-state index < -0.39 is 6.10 Å². The lowest BCUT2D eigenvalue weighted by Crippen LogP contribution is -2.19. The van der Waals surface area contributed by atoms with Gasteiger partial charge in [-0.15, -0.1) is 0 Å². The van der Waals surface area contributed by atoms with Crippen molar-refractivity contribution in [1.82, 2.24) is 0 Å². The fourth-order valence-corrected chi connectivity index (χ4v) is 2.32. The summed E-state index contributed by atoms with van der Waals surface area (Å²) >= 11 is 5.67. The third-order valence-electron chi connectivity index (χ3n) is 3.03. The minimum Gasteiger partial charge on any atom is -0.393 e. The van der Waals surface area contributed by atoms with E-state index in [-0.39, 0.29) is 11.9 Å². The van der Waals surface area contributed by atoms with Crippen LogP contribution >= 0.6 is 11.6 Å². The first-order valence-corrected chi connectivity index (χ1v) is 6.26. The van der Waals surface area contributed by atoms with Gasteiger partial charge in [0.1, 0.15) is 5.82 Å². The van der Waals surface area contributed by atoms with Gasteiger partial charge in [0.05, 0.1) is 12.2 Å². The van der Waals surface area contributed by atoms with Crippen LogP contribution in [-0.4, -0.2) is 23.9 Å². The van der Waals surface area contributed by atoms with E-state index in [0.717, 1.165) is 19.4 Å². The van der Waals surface area contributed by atoms with Crippen molar-refractivity contribution in [3.05, 3.63) is 34.6 Å². The number of rotatable bonds is 4. The number of hydrogen-bond acceptors (Lipinski definition) is 2. The van der Waals surface area contributed by atoms with Crippen LogP contribution in [0, 0.1) is 5.82 Å². The van der Waals surface area contributed by atoms with Crippen LogP contribution in [-0.2, 0) is 11.2 Å². The highest BCUT2D eigenvalue weighted by Gasteiger charge is 2.20. The molecule has 4 heteroatoms. The Bertz CT molecular complexity index is 378. The summed E-state index contributed by atoms with van der Waals surface area (Å²) in [4.78, 5) is 0. The Balaban J connectivity index is 1.90. The third-order valence-corrected chi connectivity index (χ3v) is 3.26. The average molecular weight is 259 g/mol. The van der Waals surface area contributed by atoms with Crippen molar-refractivity contribution < 1.29 is 14.2 Å². The summed E-state index contributed by atoms with van der Waals surface area (Å²) in [6.45, 7) is 0.771. The van der Waals surface area contributed by atoms with Crippen LogP contribution in [0.2, 0.25) is 5.02 Å². The van der Waals surface area contributed by atoms with E-state index in [4.69, 9.17) is 16.3 Å². The highest BCUT2D eigenvalue weighted by atomic mass is 35.5.